The van der Waals surface area contributed by atoms with Gasteiger partial charge in [0, 0.05) is 73.0 Å². The quantitative estimate of drug-likeness (QED) is 0.727. The first-order chi connectivity index (χ1) is 11.0. The monoisotopic (exact) mass is 326 g/mol. The van der Waals surface area contributed by atoms with E-state index in [1.165, 1.54) is 0 Å². The Kier molecular flexibility index (Phi) is 6.38. The fourth-order valence-electron chi connectivity index (χ4n) is 3.25. The Hall–Kier alpha value is -1.18. The molecule has 0 bridgehead atoms. The predicted octanol–water partition coefficient (Wildman–Crippen LogP) is -0.636. The minimum absolute atomic E-state index is 0.146. The molecule has 0 spiro atoms. The lowest BCUT2D eigenvalue weighted by atomic mass is 9.78. The van der Waals surface area contributed by atoms with Crippen molar-refractivity contribution in [1.29, 1.82) is 0 Å². The SMILES string of the molecule is CN(C)C(=O)CCN1CCN(C(=O)C2(CN)CCOCC2)CC1. The summed E-state index contributed by atoms with van der Waals surface area (Å²) in [5.74, 6) is 0.333. The molecule has 0 aromatic carbocycles. The van der Waals surface area contributed by atoms with Crippen LogP contribution in [-0.2, 0) is 14.3 Å². The largest absolute Gasteiger partial charge is 0.381 e. The number of nitrogens with two attached hydrogens (primary N) is 1. The van der Waals surface area contributed by atoms with Gasteiger partial charge in [0.2, 0.25) is 11.8 Å². The number of hydrogen-bond donors (Lipinski definition) is 1. The zero-order valence-corrected chi connectivity index (χ0v) is 14.4. The molecule has 0 aliphatic carbocycles. The summed E-state index contributed by atoms with van der Waals surface area (Å²) in [6.07, 6.45) is 1.98. The Morgan fingerprint density at radius 1 is 1.13 bits per heavy atom. The summed E-state index contributed by atoms with van der Waals surface area (Å²) in [6, 6.07) is 0. The lowest BCUT2D eigenvalue weighted by Gasteiger charge is -2.42. The first-order valence-corrected chi connectivity index (χ1v) is 8.48. The molecule has 2 heterocycles. The lowest BCUT2D eigenvalue weighted by Crippen LogP contribution is -2.56. The van der Waals surface area contributed by atoms with E-state index in [9.17, 15) is 9.59 Å². The van der Waals surface area contributed by atoms with Crippen molar-refractivity contribution in [3.05, 3.63) is 0 Å². The van der Waals surface area contributed by atoms with Crippen LogP contribution in [0.5, 0.6) is 0 Å². The molecule has 2 saturated heterocycles. The van der Waals surface area contributed by atoms with E-state index < -0.39 is 5.41 Å². The highest BCUT2D eigenvalue weighted by molar-refractivity contribution is 5.83. The van der Waals surface area contributed by atoms with Gasteiger partial charge in [-0.25, -0.2) is 0 Å². The van der Waals surface area contributed by atoms with E-state index in [1.54, 1.807) is 19.0 Å². The van der Waals surface area contributed by atoms with E-state index in [1.807, 2.05) is 4.90 Å². The third kappa shape index (κ3) is 4.43. The predicted molar refractivity (Wildman–Crippen MR) is 87.9 cm³/mol. The Morgan fingerprint density at radius 2 is 1.74 bits per heavy atom. The lowest BCUT2D eigenvalue weighted by molar-refractivity contribution is -0.149. The molecule has 23 heavy (non-hydrogen) atoms. The van der Waals surface area contributed by atoms with Gasteiger partial charge in [0.25, 0.3) is 0 Å². The van der Waals surface area contributed by atoms with Crippen molar-refractivity contribution in [3.8, 4) is 0 Å². The number of carbonyl (C=O) groups excluding carboxylic acids is 2. The molecule has 2 rings (SSSR count). The van der Waals surface area contributed by atoms with Gasteiger partial charge in [-0.3, -0.25) is 14.5 Å². The molecular weight excluding hydrogens is 296 g/mol. The average Bonchev–Trinajstić information content (AvgIpc) is 2.60. The van der Waals surface area contributed by atoms with E-state index in [0.717, 1.165) is 45.6 Å². The van der Waals surface area contributed by atoms with Gasteiger partial charge >= 0.3 is 0 Å². The summed E-state index contributed by atoms with van der Waals surface area (Å²) in [6.45, 7) is 5.48. The molecule has 0 aromatic rings. The second-order valence-corrected chi connectivity index (χ2v) is 6.77. The molecule has 132 valence electrons. The zero-order chi connectivity index (χ0) is 16.9. The molecule has 0 atom stereocenters. The molecule has 0 aromatic heterocycles. The van der Waals surface area contributed by atoms with Crippen molar-refractivity contribution in [2.45, 2.75) is 19.3 Å². The maximum atomic E-state index is 12.9. The highest BCUT2D eigenvalue weighted by Gasteiger charge is 2.42. The van der Waals surface area contributed by atoms with Crippen molar-refractivity contribution < 1.29 is 14.3 Å². The van der Waals surface area contributed by atoms with Gasteiger partial charge in [-0.15, -0.1) is 0 Å². The van der Waals surface area contributed by atoms with Crippen LogP contribution in [0.4, 0.5) is 0 Å². The fraction of sp³-hybridized carbons (Fsp3) is 0.875. The van der Waals surface area contributed by atoms with Gasteiger partial charge in [0.1, 0.15) is 0 Å². The second kappa shape index (κ2) is 8.08. The summed E-state index contributed by atoms with van der Waals surface area (Å²) in [5.41, 5.74) is 5.50. The van der Waals surface area contributed by atoms with Crippen LogP contribution in [0.25, 0.3) is 0 Å². The fourth-order valence-corrected chi connectivity index (χ4v) is 3.25. The van der Waals surface area contributed by atoms with Crippen LogP contribution < -0.4 is 5.73 Å². The number of ether oxygens (including phenoxy) is 1. The number of amides is 2. The van der Waals surface area contributed by atoms with Crippen molar-refractivity contribution in [2.24, 2.45) is 11.1 Å². The summed E-state index contributed by atoms with van der Waals surface area (Å²) >= 11 is 0. The van der Waals surface area contributed by atoms with Gasteiger partial charge in [-0.05, 0) is 12.8 Å². The minimum Gasteiger partial charge on any atom is -0.381 e. The Balaban J connectivity index is 1.81. The third-order valence-electron chi connectivity index (χ3n) is 5.09. The molecule has 0 saturated carbocycles. The number of hydrogen-bond acceptors (Lipinski definition) is 5. The molecule has 2 aliphatic heterocycles. The highest BCUT2D eigenvalue weighted by atomic mass is 16.5. The van der Waals surface area contributed by atoms with E-state index in [4.69, 9.17) is 10.5 Å². The molecule has 0 radical (unpaired) electrons. The summed E-state index contributed by atoms with van der Waals surface area (Å²) < 4.78 is 5.38. The van der Waals surface area contributed by atoms with Crippen LogP contribution in [0.3, 0.4) is 0 Å². The van der Waals surface area contributed by atoms with E-state index in [-0.39, 0.29) is 11.8 Å². The molecule has 2 fully saturated rings. The van der Waals surface area contributed by atoms with Crippen LogP contribution in [0.15, 0.2) is 0 Å². The van der Waals surface area contributed by atoms with Crippen LogP contribution in [-0.4, -0.2) is 93.1 Å². The van der Waals surface area contributed by atoms with Crippen molar-refractivity contribution in [1.82, 2.24) is 14.7 Å². The Labute approximate surface area is 138 Å². The molecule has 2 N–H and O–H groups in total. The van der Waals surface area contributed by atoms with Crippen molar-refractivity contribution in [3.63, 3.8) is 0 Å². The van der Waals surface area contributed by atoms with Crippen LogP contribution >= 0.6 is 0 Å². The second-order valence-electron chi connectivity index (χ2n) is 6.77. The van der Waals surface area contributed by atoms with Gasteiger partial charge in [-0.2, -0.15) is 0 Å². The highest BCUT2D eigenvalue weighted by Crippen LogP contribution is 2.32. The Morgan fingerprint density at radius 3 is 2.26 bits per heavy atom. The normalized spacial score (nSPS) is 22.0. The Bertz CT molecular complexity index is 414. The zero-order valence-electron chi connectivity index (χ0n) is 14.4. The summed E-state index contributed by atoms with van der Waals surface area (Å²) in [4.78, 5) is 30.4. The maximum Gasteiger partial charge on any atom is 0.230 e. The van der Waals surface area contributed by atoms with E-state index >= 15 is 0 Å². The number of carbonyl (C=O) groups is 2. The minimum atomic E-state index is -0.429. The van der Waals surface area contributed by atoms with Gasteiger partial charge in [0.05, 0.1) is 5.41 Å². The van der Waals surface area contributed by atoms with E-state index in [2.05, 4.69) is 4.90 Å². The molecule has 2 aliphatic rings. The van der Waals surface area contributed by atoms with E-state index in [0.29, 0.717) is 26.2 Å². The van der Waals surface area contributed by atoms with Gasteiger partial charge < -0.3 is 20.3 Å². The van der Waals surface area contributed by atoms with Gasteiger partial charge in [-0.1, -0.05) is 0 Å². The first kappa shape index (κ1) is 18.2. The maximum absolute atomic E-state index is 12.9. The molecular formula is C16H30N4O3. The molecule has 7 heteroatoms. The van der Waals surface area contributed by atoms with Gasteiger partial charge in [0.15, 0.2) is 0 Å². The summed E-state index contributed by atoms with van der Waals surface area (Å²) in [5, 5.41) is 0. The average molecular weight is 326 g/mol. The number of piperazine rings is 1. The van der Waals surface area contributed by atoms with Crippen LogP contribution in [0.2, 0.25) is 0 Å². The molecule has 0 unspecified atom stereocenters. The summed E-state index contributed by atoms with van der Waals surface area (Å²) in [7, 11) is 3.55. The molecule has 2 amide bonds. The number of nitrogens with zero attached hydrogens (tertiary/aromatic N) is 3. The van der Waals surface area contributed by atoms with Crippen molar-refractivity contribution in [2.75, 3.05) is 66.6 Å². The molecule has 7 nitrogen and oxygen atoms in total. The topological polar surface area (TPSA) is 79.1 Å². The first-order valence-electron chi connectivity index (χ1n) is 8.48. The van der Waals surface area contributed by atoms with Crippen LogP contribution in [0, 0.1) is 5.41 Å². The third-order valence-corrected chi connectivity index (χ3v) is 5.09. The standard InChI is InChI=1S/C16H30N4O3/c1-18(2)14(21)3-6-19-7-9-20(10-8-19)15(22)16(13-17)4-11-23-12-5-16/h3-13,17H2,1-2H3. The number of rotatable bonds is 5. The van der Waals surface area contributed by atoms with Crippen LogP contribution in [0.1, 0.15) is 19.3 Å². The smallest absolute Gasteiger partial charge is 0.230 e. The van der Waals surface area contributed by atoms with Crippen molar-refractivity contribution >= 4 is 11.8 Å².